The maximum atomic E-state index is 13.1. The fraction of sp³-hybridized carbons (Fsp3) is 0.700. The van der Waals surface area contributed by atoms with Gasteiger partial charge in [-0.2, -0.15) is 0 Å². The summed E-state index contributed by atoms with van der Waals surface area (Å²) in [6.45, 7) is 2.77. The molecule has 148 valence electrons. The predicted molar refractivity (Wildman–Crippen MR) is 104 cm³/mol. The fourth-order valence-electron chi connectivity index (χ4n) is 4.11. The number of nitrogens with one attached hydrogen (secondary N) is 1. The Kier molecular flexibility index (Phi) is 6.29. The van der Waals surface area contributed by atoms with E-state index >= 15 is 0 Å². The van der Waals surface area contributed by atoms with Crippen LogP contribution in [0.15, 0.2) is 6.07 Å². The van der Waals surface area contributed by atoms with Gasteiger partial charge in [-0.05, 0) is 25.7 Å². The lowest BCUT2D eigenvalue weighted by atomic mass is 9.88. The van der Waals surface area contributed by atoms with Crippen molar-refractivity contribution in [1.29, 1.82) is 0 Å². The first-order valence-corrected chi connectivity index (χ1v) is 10.1. The summed E-state index contributed by atoms with van der Waals surface area (Å²) in [5.41, 5.74) is 0.791. The highest BCUT2D eigenvalue weighted by atomic mass is 16.2. The van der Waals surface area contributed by atoms with Crippen molar-refractivity contribution in [3.05, 3.63) is 17.6 Å². The van der Waals surface area contributed by atoms with Crippen LogP contribution in [0.3, 0.4) is 0 Å². The average molecular weight is 374 g/mol. The molecule has 1 N–H and O–H groups in total. The Hall–Kier alpha value is -2.18. The van der Waals surface area contributed by atoms with Gasteiger partial charge in [-0.15, -0.1) is 0 Å². The van der Waals surface area contributed by atoms with Crippen molar-refractivity contribution in [2.45, 2.75) is 64.5 Å². The topological polar surface area (TPSA) is 78.4 Å². The van der Waals surface area contributed by atoms with Crippen LogP contribution < -0.4 is 5.32 Å². The number of carbonyl (C=O) groups excluding carboxylic acids is 2. The molecule has 2 heterocycles. The van der Waals surface area contributed by atoms with Crippen LogP contribution in [0.4, 0.5) is 5.82 Å². The molecule has 1 atom stereocenters. The monoisotopic (exact) mass is 373 g/mol. The Morgan fingerprint density at radius 1 is 1.19 bits per heavy atom. The molecule has 1 saturated heterocycles. The minimum absolute atomic E-state index is 0.00357. The largest absolute Gasteiger partial charge is 0.373 e. The van der Waals surface area contributed by atoms with Gasteiger partial charge in [0, 0.05) is 39.5 Å². The second kappa shape index (κ2) is 8.67. The highest BCUT2D eigenvalue weighted by molar-refractivity contribution is 5.79. The van der Waals surface area contributed by atoms with Crippen molar-refractivity contribution < 1.29 is 9.59 Å². The van der Waals surface area contributed by atoms with E-state index in [1.807, 2.05) is 18.0 Å². The maximum Gasteiger partial charge on any atom is 0.226 e. The van der Waals surface area contributed by atoms with Gasteiger partial charge in [0.1, 0.15) is 5.82 Å². The first kappa shape index (κ1) is 19.6. The van der Waals surface area contributed by atoms with Gasteiger partial charge in [0.25, 0.3) is 0 Å². The molecule has 2 aliphatic rings. The molecule has 2 fully saturated rings. The Morgan fingerprint density at radius 3 is 2.59 bits per heavy atom. The van der Waals surface area contributed by atoms with E-state index in [2.05, 4.69) is 10.3 Å². The minimum atomic E-state index is -0.0610. The van der Waals surface area contributed by atoms with Crippen molar-refractivity contribution in [3.8, 4) is 0 Å². The third-order valence-corrected chi connectivity index (χ3v) is 5.78. The summed E-state index contributed by atoms with van der Waals surface area (Å²) in [4.78, 5) is 37.7. The zero-order valence-electron chi connectivity index (χ0n) is 16.7. The van der Waals surface area contributed by atoms with Gasteiger partial charge >= 0.3 is 0 Å². The summed E-state index contributed by atoms with van der Waals surface area (Å²) < 4.78 is 0. The molecule has 1 aromatic heterocycles. The Bertz CT molecular complexity index is 687. The number of rotatable bonds is 5. The molecule has 1 saturated carbocycles. The van der Waals surface area contributed by atoms with E-state index in [9.17, 15) is 9.59 Å². The van der Waals surface area contributed by atoms with Crippen LogP contribution in [0.5, 0.6) is 0 Å². The molecule has 1 aliphatic carbocycles. The maximum absolute atomic E-state index is 13.1. The van der Waals surface area contributed by atoms with Crippen molar-refractivity contribution >= 4 is 17.6 Å². The van der Waals surface area contributed by atoms with Gasteiger partial charge in [0.05, 0.1) is 18.3 Å². The number of hydrogen-bond donors (Lipinski definition) is 1. The standard InChI is InChI=1S/C20H31N5O2/c1-14(26)24(3)13-16-12-18(21-2)23-19(22-16)17-10-7-11-25(17)20(27)15-8-5-4-6-9-15/h12,15,17H,4-11,13H2,1-3H3,(H,21,22,23). The van der Waals surface area contributed by atoms with E-state index in [-0.39, 0.29) is 23.8 Å². The summed E-state index contributed by atoms with van der Waals surface area (Å²) in [6, 6.07) is 1.81. The van der Waals surface area contributed by atoms with Crippen LogP contribution in [0.25, 0.3) is 0 Å². The molecule has 3 rings (SSSR count). The zero-order valence-corrected chi connectivity index (χ0v) is 16.7. The molecule has 0 spiro atoms. The number of anilines is 1. The molecular formula is C20H31N5O2. The third kappa shape index (κ3) is 4.57. The van der Waals surface area contributed by atoms with Gasteiger partial charge < -0.3 is 15.1 Å². The van der Waals surface area contributed by atoms with E-state index in [1.54, 1.807) is 18.9 Å². The average Bonchev–Trinajstić information content (AvgIpc) is 3.17. The van der Waals surface area contributed by atoms with Crippen LogP contribution in [0, 0.1) is 5.92 Å². The summed E-state index contributed by atoms with van der Waals surface area (Å²) in [6.07, 6.45) is 7.45. The summed E-state index contributed by atoms with van der Waals surface area (Å²) >= 11 is 0. The number of aromatic nitrogens is 2. The molecule has 7 nitrogen and oxygen atoms in total. The van der Waals surface area contributed by atoms with Crippen LogP contribution in [0.1, 0.15) is 69.4 Å². The highest BCUT2D eigenvalue weighted by Crippen LogP contribution is 2.35. The Balaban J connectivity index is 1.82. The van der Waals surface area contributed by atoms with E-state index in [0.717, 1.165) is 56.6 Å². The Morgan fingerprint density at radius 2 is 1.93 bits per heavy atom. The molecule has 0 radical (unpaired) electrons. The Labute approximate surface area is 161 Å². The second-order valence-electron chi connectivity index (χ2n) is 7.75. The lowest BCUT2D eigenvalue weighted by Gasteiger charge is -2.30. The van der Waals surface area contributed by atoms with Crippen LogP contribution >= 0.6 is 0 Å². The van der Waals surface area contributed by atoms with E-state index in [1.165, 1.54) is 6.42 Å². The molecule has 7 heteroatoms. The summed E-state index contributed by atoms with van der Waals surface area (Å²) in [5, 5.41) is 3.08. The molecule has 0 aromatic carbocycles. The van der Waals surface area contributed by atoms with Crippen molar-refractivity contribution in [2.24, 2.45) is 5.92 Å². The normalized spacial score (nSPS) is 20.6. The van der Waals surface area contributed by atoms with E-state index in [0.29, 0.717) is 12.4 Å². The highest BCUT2D eigenvalue weighted by Gasteiger charge is 2.36. The molecule has 1 aromatic rings. The molecule has 0 bridgehead atoms. The van der Waals surface area contributed by atoms with Crippen molar-refractivity contribution in [1.82, 2.24) is 19.8 Å². The van der Waals surface area contributed by atoms with E-state index in [4.69, 9.17) is 4.98 Å². The van der Waals surface area contributed by atoms with Crippen molar-refractivity contribution in [2.75, 3.05) is 26.0 Å². The van der Waals surface area contributed by atoms with Gasteiger partial charge in [0.15, 0.2) is 5.82 Å². The third-order valence-electron chi connectivity index (χ3n) is 5.78. The lowest BCUT2D eigenvalue weighted by Crippen LogP contribution is -2.37. The quantitative estimate of drug-likeness (QED) is 0.859. The number of hydrogen-bond acceptors (Lipinski definition) is 5. The zero-order chi connectivity index (χ0) is 19.4. The SMILES string of the molecule is CNc1cc(CN(C)C(C)=O)nc(C2CCCN2C(=O)C2CCCCC2)n1. The van der Waals surface area contributed by atoms with Crippen LogP contribution in [0.2, 0.25) is 0 Å². The fourth-order valence-corrected chi connectivity index (χ4v) is 4.11. The lowest BCUT2D eigenvalue weighted by molar-refractivity contribution is -0.137. The van der Waals surface area contributed by atoms with Gasteiger partial charge in [-0.3, -0.25) is 9.59 Å². The van der Waals surface area contributed by atoms with Crippen molar-refractivity contribution in [3.63, 3.8) is 0 Å². The van der Waals surface area contributed by atoms with Crippen LogP contribution in [-0.2, 0) is 16.1 Å². The molecule has 1 aliphatic heterocycles. The second-order valence-corrected chi connectivity index (χ2v) is 7.75. The van der Waals surface area contributed by atoms with Gasteiger partial charge in [0.2, 0.25) is 11.8 Å². The smallest absolute Gasteiger partial charge is 0.226 e. The molecule has 2 amide bonds. The minimum Gasteiger partial charge on any atom is -0.373 e. The number of likely N-dealkylation sites (tertiary alicyclic amines) is 1. The van der Waals surface area contributed by atoms with Crippen LogP contribution in [-0.4, -0.2) is 52.2 Å². The number of nitrogens with zero attached hydrogens (tertiary/aromatic N) is 4. The number of carbonyl (C=O) groups is 2. The summed E-state index contributed by atoms with van der Waals surface area (Å²) in [5.74, 6) is 1.85. The first-order chi connectivity index (χ1) is 13.0. The van der Waals surface area contributed by atoms with Gasteiger partial charge in [-0.25, -0.2) is 9.97 Å². The molecular weight excluding hydrogens is 342 g/mol. The van der Waals surface area contributed by atoms with Gasteiger partial charge in [-0.1, -0.05) is 19.3 Å². The summed E-state index contributed by atoms with van der Waals surface area (Å²) in [7, 11) is 3.59. The molecule has 1 unspecified atom stereocenters. The first-order valence-electron chi connectivity index (χ1n) is 10.1. The van der Waals surface area contributed by atoms with E-state index < -0.39 is 0 Å². The number of amides is 2. The predicted octanol–water partition coefficient (Wildman–Crippen LogP) is 2.74. The molecule has 27 heavy (non-hydrogen) atoms.